The molecule has 0 aliphatic carbocycles. The summed E-state index contributed by atoms with van der Waals surface area (Å²) in [6.45, 7) is 0. The number of benzene rings is 2. The highest BCUT2D eigenvalue weighted by molar-refractivity contribution is 7.17. The molecule has 3 nitrogen and oxygen atoms in total. The van der Waals surface area contributed by atoms with Gasteiger partial charge in [-0.1, -0.05) is 18.2 Å². The van der Waals surface area contributed by atoms with E-state index in [1.807, 2.05) is 29.6 Å². The number of hydrogen-bond acceptors (Lipinski definition) is 4. The first kappa shape index (κ1) is 13.6. The van der Waals surface area contributed by atoms with E-state index in [1.54, 1.807) is 43.8 Å². The molecule has 3 rings (SSSR count). The van der Waals surface area contributed by atoms with Gasteiger partial charge in [-0.05, 0) is 24.3 Å². The lowest BCUT2D eigenvalue weighted by Gasteiger charge is -2.08. The van der Waals surface area contributed by atoms with E-state index in [9.17, 15) is 4.79 Å². The molecule has 0 radical (unpaired) electrons. The van der Waals surface area contributed by atoms with Crippen molar-refractivity contribution in [3.05, 3.63) is 59.0 Å². The van der Waals surface area contributed by atoms with Crippen LogP contribution in [0.1, 0.15) is 15.9 Å². The number of carbonyl (C=O) groups excluding carboxylic acids is 1. The summed E-state index contributed by atoms with van der Waals surface area (Å²) in [4.78, 5) is 12.7. The molecule has 3 aromatic rings. The molecule has 1 aromatic heterocycles. The van der Waals surface area contributed by atoms with Crippen LogP contribution in [0.15, 0.2) is 47.8 Å². The third-order valence-corrected chi connectivity index (χ3v) is 4.33. The highest BCUT2D eigenvalue weighted by Crippen LogP contribution is 2.31. The van der Waals surface area contributed by atoms with E-state index in [1.165, 1.54) is 0 Å². The molecule has 0 fully saturated rings. The molecule has 0 spiro atoms. The Kier molecular flexibility index (Phi) is 3.62. The van der Waals surface area contributed by atoms with Gasteiger partial charge in [0, 0.05) is 26.6 Å². The molecule has 21 heavy (non-hydrogen) atoms. The maximum atomic E-state index is 12.7. The summed E-state index contributed by atoms with van der Waals surface area (Å²) in [5, 5.41) is 2.89. The van der Waals surface area contributed by atoms with Gasteiger partial charge >= 0.3 is 0 Å². The van der Waals surface area contributed by atoms with Crippen molar-refractivity contribution in [1.29, 1.82) is 0 Å². The molecule has 0 amide bonds. The summed E-state index contributed by atoms with van der Waals surface area (Å²) in [6.07, 6.45) is 0. The molecule has 2 aromatic carbocycles. The Morgan fingerprint density at radius 3 is 2.52 bits per heavy atom. The van der Waals surface area contributed by atoms with E-state index in [0.29, 0.717) is 17.1 Å². The Labute approximate surface area is 126 Å². The summed E-state index contributed by atoms with van der Waals surface area (Å²) in [6, 6.07) is 13.1. The maximum Gasteiger partial charge on any atom is 0.194 e. The SMILES string of the molecule is COc1ccc(C(=O)c2csc3ccccc23)cc1OC. The third kappa shape index (κ3) is 2.38. The van der Waals surface area contributed by atoms with E-state index < -0.39 is 0 Å². The normalized spacial score (nSPS) is 10.6. The highest BCUT2D eigenvalue weighted by Gasteiger charge is 2.16. The van der Waals surface area contributed by atoms with Crippen molar-refractivity contribution >= 4 is 27.2 Å². The van der Waals surface area contributed by atoms with Gasteiger partial charge in [-0.2, -0.15) is 0 Å². The highest BCUT2D eigenvalue weighted by atomic mass is 32.1. The van der Waals surface area contributed by atoms with Crippen LogP contribution in [0.2, 0.25) is 0 Å². The molecule has 0 aliphatic rings. The molecule has 0 atom stereocenters. The topological polar surface area (TPSA) is 35.5 Å². The van der Waals surface area contributed by atoms with Gasteiger partial charge in [0.2, 0.25) is 0 Å². The number of thiophene rings is 1. The van der Waals surface area contributed by atoms with E-state index in [2.05, 4.69) is 0 Å². The van der Waals surface area contributed by atoms with Crippen molar-refractivity contribution in [3.63, 3.8) is 0 Å². The van der Waals surface area contributed by atoms with Crippen LogP contribution in [0.3, 0.4) is 0 Å². The first-order chi connectivity index (χ1) is 10.2. The summed E-state index contributed by atoms with van der Waals surface area (Å²) >= 11 is 1.58. The van der Waals surface area contributed by atoms with Crippen molar-refractivity contribution < 1.29 is 14.3 Å². The van der Waals surface area contributed by atoms with Crippen LogP contribution in [-0.2, 0) is 0 Å². The predicted molar refractivity (Wildman–Crippen MR) is 84.8 cm³/mol. The molecule has 0 unspecified atom stereocenters. The molecule has 1 heterocycles. The van der Waals surface area contributed by atoms with Gasteiger partial charge in [-0.15, -0.1) is 11.3 Å². The first-order valence-electron chi connectivity index (χ1n) is 6.47. The molecule has 0 saturated carbocycles. The minimum Gasteiger partial charge on any atom is -0.493 e. The molecule has 0 saturated heterocycles. The largest absolute Gasteiger partial charge is 0.493 e. The van der Waals surface area contributed by atoms with Crippen molar-refractivity contribution in [3.8, 4) is 11.5 Å². The van der Waals surface area contributed by atoms with Gasteiger partial charge < -0.3 is 9.47 Å². The van der Waals surface area contributed by atoms with Crippen LogP contribution in [0.4, 0.5) is 0 Å². The number of ether oxygens (including phenoxy) is 2. The van der Waals surface area contributed by atoms with Crippen LogP contribution in [0.5, 0.6) is 11.5 Å². The van der Waals surface area contributed by atoms with E-state index in [4.69, 9.17) is 9.47 Å². The third-order valence-electron chi connectivity index (χ3n) is 3.37. The van der Waals surface area contributed by atoms with Crippen LogP contribution >= 0.6 is 11.3 Å². The summed E-state index contributed by atoms with van der Waals surface area (Å²) in [5.74, 6) is 1.17. The summed E-state index contributed by atoms with van der Waals surface area (Å²) in [5.41, 5.74) is 1.32. The minimum atomic E-state index is -0.00611. The van der Waals surface area contributed by atoms with Crippen LogP contribution < -0.4 is 9.47 Å². The molecule has 0 bridgehead atoms. The van der Waals surface area contributed by atoms with Crippen LogP contribution in [-0.4, -0.2) is 20.0 Å². The average Bonchev–Trinajstić information content (AvgIpc) is 2.97. The smallest absolute Gasteiger partial charge is 0.194 e. The number of ketones is 1. The second kappa shape index (κ2) is 5.58. The minimum absolute atomic E-state index is 0.00611. The van der Waals surface area contributed by atoms with Crippen molar-refractivity contribution in [1.82, 2.24) is 0 Å². The Morgan fingerprint density at radius 1 is 1.00 bits per heavy atom. The molecule has 0 aliphatic heterocycles. The molecular formula is C17H14O3S. The fourth-order valence-electron chi connectivity index (χ4n) is 2.29. The Morgan fingerprint density at radius 2 is 1.76 bits per heavy atom. The molecule has 4 heteroatoms. The number of methoxy groups -OCH3 is 2. The van der Waals surface area contributed by atoms with Gasteiger partial charge in [-0.25, -0.2) is 0 Å². The summed E-state index contributed by atoms with van der Waals surface area (Å²) < 4.78 is 11.6. The van der Waals surface area contributed by atoms with E-state index in [0.717, 1.165) is 15.6 Å². The van der Waals surface area contributed by atoms with Crippen LogP contribution in [0, 0.1) is 0 Å². The van der Waals surface area contributed by atoms with Crippen LogP contribution in [0.25, 0.3) is 10.1 Å². The lowest BCUT2D eigenvalue weighted by molar-refractivity contribution is 0.104. The zero-order chi connectivity index (χ0) is 14.8. The summed E-state index contributed by atoms with van der Waals surface area (Å²) in [7, 11) is 3.14. The second-order valence-electron chi connectivity index (χ2n) is 4.54. The van der Waals surface area contributed by atoms with Gasteiger partial charge in [0.15, 0.2) is 17.3 Å². The first-order valence-corrected chi connectivity index (χ1v) is 7.35. The van der Waals surface area contributed by atoms with Gasteiger partial charge in [0.25, 0.3) is 0 Å². The fraction of sp³-hybridized carbons (Fsp3) is 0.118. The fourth-order valence-corrected chi connectivity index (χ4v) is 3.23. The molecular weight excluding hydrogens is 284 g/mol. The van der Waals surface area contributed by atoms with Crippen molar-refractivity contribution in [2.24, 2.45) is 0 Å². The van der Waals surface area contributed by atoms with Crippen molar-refractivity contribution in [2.75, 3.05) is 14.2 Å². The van der Waals surface area contributed by atoms with Crippen molar-refractivity contribution in [2.45, 2.75) is 0 Å². The Balaban J connectivity index is 2.06. The molecule has 0 N–H and O–H groups in total. The molecule has 106 valence electrons. The lowest BCUT2D eigenvalue weighted by atomic mass is 10.0. The van der Waals surface area contributed by atoms with Gasteiger partial charge in [0.05, 0.1) is 14.2 Å². The predicted octanol–water partition coefficient (Wildman–Crippen LogP) is 4.15. The number of carbonyl (C=O) groups is 1. The van der Waals surface area contributed by atoms with E-state index >= 15 is 0 Å². The quantitative estimate of drug-likeness (QED) is 0.679. The number of fused-ring (bicyclic) bond motifs is 1. The van der Waals surface area contributed by atoms with Gasteiger partial charge in [0.1, 0.15) is 0 Å². The standard InChI is InChI=1S/C17H14O3S/c1-19-14-8-7-11(9-15(14)20-2)17(18)13-10-21-16-6-4-3-5-12(13)16/h3-10H,1-2H3. The monoisotopic (exact) mass is 298 g/mol. The second-order valence-corrected chi connectivity index (χ2v) is 5.46. The van der Waals surface area contributed by atoms with E-state index in [-0.39, 0.29) is 5.78 Å². The zero-order valence-corrected chi connectivity index (χ0v) is 12.6. The maximum absolute atomic E-state index is 12.7. The Hall–Kier alpha value is -2.33. The zero-order valence-electron chi connectivity index (χ0n) is 11.8. The average molecular weight is 298 g/mol. The lowest BCUT2D eigenvalue weighted by Crippen LogP contribution is -2.01. The van der Waals surface area contributed by atoms with Gasteiger partial charge in [-0.3, -0.25) is 4.79 Å². The Bertz CT molecular complexity index is 805. The number of rotatable bonds is 4. The number of hydrogen-bond donors (Lipinski definition) is 0.